The number of nitrogens with zero attached hydrogens (tertiary/aromatic N) is 1. The van der Waals surface area contributed by atoms with E-state index in [4.69, 9.17) is 9.05 Å². The van der Waals surface area contributed by atoms with Gasteiger partial charge in [0.25, 0.3) is 0 Å². The van der Waals surface area contributed by atoms with Gasteiger partial charge in [-0.25, -0.2) is 4.57 Å². The average Bonchev–Trinajstić information content (AvgIpc) is 3.34. The fraction of sp³-hybridized carbons (Fsp3) is 0.825. The predicted molar refractivity (Wildman–Crippen MR) is 314 cm³/mol. The average molecular weight is 1030 g/mol. The third-order valence-corrected chi connectivity index (χ3v) is 14.7. The zero-order chi connectivity index (χ0) is 52.7. The number of rotatable bonds is 56. The molecule has 422 valence electrons. The molecule has 0 heterocycles. The molecular weight excluding hydrogens is 912 g/mol. The maximum Gasteiger partial charge on any atom is 0.472 e. The van der Waals surface area contributed by atoms with Gasteiger partial charge in [0.05, 0.1) is 39.9 Å². The van der Waals surface area contributed by atoms with Gasteiger partial charge < -0.3 is 19.8 Å². The molecule has 0 bridgehead atoms. The molecule has 0 radical (unpaired) electrons. The van der Waals surface area contributed by atoms with Crippen molar-refractivity contribution in [2.45, 2.75) is 296 Å². The highest BCUT2D eigenvalue weighted by Crippen LogP contribution is 2.43. The Morgan fingerprint density at radius 1 is 0.486 bits per heavy atom. The van der Waals surface area contributed by atoms with Crippen LogP contribution < -0.4 is 5.32 Å². The molecule has 0 aromatic heterocycles. The summed E-state index contributed by atoms with van der Waals surface area (Å²) in [6.45, 7) is 4.72. The van der Waals surface area contributed by atoms with E-state index in [-0.39, 0.29) is 19.1 Å². The highest BCUT2D eigenvalue weighted by molar-refractivity contribution is 7.47. The first-order chi connectivity index (χ1) is 35.0. The Bertz CT molecular complexity index is 1360. The maximum atomic E-state index is 13.0. The Kier molecular flexibility index (Phi) is 52.7. The number of hydrogen-bond acceptors (Lipinski definition) is 5. The van der Waals surface area contributed by atoms with Crippen molar-refractivity contribution in [2.75, 3.05) is 40.9 Å². The van der Waals surface area contributed by atoms with Crippen LogP contribution in [0.1, 0.15) is 284 Å². The minimum Gasteiger partial charge on any atom is -0.387 e. The summed E-state index contributed by atoms with van der Waals surface area (Å²) in [5.41, 5.74) is 0. The second-order valence-electron chi connectivity index (χ2n) is 22.1. The van der Waals surface area contributed by atoms with Crippen molar-refractivity contribution in [3.63, 3.8) is 0 Å². The molecule has 9 heteroatoms. The van der Waals surface area contributed by atoms with E-state index in [1.54, 1.807) is 6.08 Å². The number of likely N-dealkylation sites (N-methyl/N-ethyl adjacent to an activating group) is 1. The third kappa shape index (κ3) is 55.9. The molecule has 0 aliphatic heterocycles. The van der Waals surface area contributed by atoms with E-state index in [9.17, 15) is 19.4 Å². The van der Waals surface area contributed by atoms with Crippen LogP contribution in [0.5, 0.6) is 0 Å². The van der Waals surface area contributed by atoms with Crippen LogP contribution in [-0.4, -0.2) is 73.4 Å². The predicted octanol–water partition coefficient (Wildman–Crippen LogP) is 18.9. The maximum absolute atomic E-state index is 13.0. The molecule has 0 spiro atoms. The minimum absolute atomic E-state index is 0.0624. The first kappa shape index (κ1) is 70.2. The largest absolute Gasteiger partial charge is 0.472 e. The summed E-state index contributed by atoms with van der Waals surface area (Å²) in [5.74, 6) is -0.174. The van der Waals surface area contributed by atoms with E-state index in [1.807, 2.05) is 27.2 Å². The number of aliphatic hydroxyl groups excluding tert-OH is 1. The first-order valence-electron chi connectivity index (χ1n) is 30.7. The summed E-state index contributed by atoms with van der Waals surface area (Å²) in [6.07, 6.45) is 73.5. The zero-order valence-electron chi connectivity index (χ0n) is 48.2. The van der Waals surface area contributed by atoms with Crippen LogP contribution in [0.15, 0.2) is 60.8 Å². The Morgan fingerprint density at radius 3 is 1.22 bits per heavy atom. The third-order valence-electron chi connectivity index (χ3n) is 13.7. The Hall–Kier alpha value is -1.80. The van der Waals surface area contributed by atoms with E-state index in [0.29, 0.717) is 17.4 Å². The minimum atomic E-state index is -4.34. The smallest absolute Gasteiger partial charge is 0.387 e. The van der Waals surface area contributed by atoms with Crippen LogP contribution in [0, 0.1) is 0 Å². The topological polar surface area (TPSA) is 105 Å². The normalized spacial score (nSPS) is 14.3. The fourth-order valence-electron chi connectivity index (χ4n) is 8.98. The quantitative estimate of drug-likeness (QED) is 0.0243. The lowest BCUT2D eigenvalue weighted by Gasteiger charge is -2.25. The molecule has 8 nitrogen and oxygen atoms in total. The van der Waals surface area contributed by atoms with Crippen molar-refractivity contribution in [1.29, 1.82) is 0 Å². The van der Waals surface area contributed by atoms with E-state index in [0.717, 1.165) is 64.2 Å². The molecule has 3 N–H and O–H groups in total. The van der Waals surface area contributed by atoms with Crippen molar-refractivity contribution in [3.8, 4) is 0 Å². The van der Waals surface area contributed by atoms with E-state index in [2.05, 4.69) is 67.8 Å². The molecule has 72 heavy (non-hydrogen) atoms. The number of hydrogen-bond donors (Lipinski definition) is 3. The summed E-state index contributed by atoms with van der Waals surface area (Å²) in [4.78, 5) is 23.3. The molecule has 0 rings (SSSR count). The molecule has 1 amide bonds. The highest BCUT2D eigenvalue weighted by atomic mass is 31.2. The van der Waals surface area contributed by atoms with Crippen molar-refractivity contribution < 1.29 is 32.9 Å². The standard InChI is InChI=1S/C63H119N2O6P/c1-6-8-10-12-14-16-18-20-21-22-23-24-25-26-27-28-29-30-31-32-33-34-35-36-37-38-39-40-41-42-43-45-47-49-51-53-55-57-63(67)64-61(60-71-72(68,69)70-59-58-65(3,4)5)62(66)56-54-52-50-48-46-44-19-17-15-13-11-9-7-2/h8,10,14,16,20-21,23-24,54,56,61-62,66H,6-7,9,11-13,15,17-19,22,25-53,55,57-60H2,1-5H3,(H-,64,67,68,69)/p+1/b10-8-,16-14-,21-20-,24-23-,56-54+. The first-order valence-corrected chi connectivity index (χ1v) is 32.2. The lowest BCUT2D eigenvalue weighted by atomic mass is 10.0. The molecule has 0 aromatic carbocycles. The number of phosphoric ester groups is 1. The molecular formula is C63H120N2O6P+. The number of carbonyl (C=O) groups is 1. The van der Waals surface area contributed by atoms with Crippen LogP contribution in [0.2, 0.25) is 0 Å². The van der Waals surface area contributed by atoms with Gasteiger partial charge in [0.15, 0.2) is 0 Å². The van der Waals surface area contributed by atoms with Gasteiger partial charge in [-0.1, -0.05) is 280 Å². The number of aliphatic hydroxyl groups is 1. The molecule has 0 aliphatic rings. The SMILES string of the molecule is CC/C=C\C/C=C\C/C=C\C/C=C\CCCCCCCCCCCCCCCCCCCCCCCCCCC(=O)NC(COP(=O)(O)OCC[N+](C)(C)C)C(O)/C=C/CCCCCCCCCCCCC. The Labute approximate surface area is 447 Å². The zero-order valence-corrected chi connectivity index (χ0v) is 49.1. The monoisotopic (exact) mass is 1030 g/mol. The van der Waals surface area contributed by atoms with E-state index >= 15 is 0 Å². The fourth-order valence-corrected chi connectivity index (χ4v) is 9.71. The summed E-state index contributed by atoms with van der Waals surface area (Å²) in [6, 6.07) is -0.845. The Morgan fingerprint density at radius 2 is 0.833 bits per heavy atom. The lowest BCUT2D eigenvalue weighted by Crippen LogP contribution is -2.45. The van der Waals surface area contributed by atoms with Gasteiger partial charge in [-0.05, 0) is 57.8 Å². The van der Waals surface area contributed by atoms with E-state index < -0.39 is 20.0 Å². The Balaban J connectivity index is 3.92. The number of phosphoric acid groups is 1. The van der Waals surface area contributed by atoms with Gasteiger partial charge in [0.1, 0.15) is 13.2 Å². The van der Waals surface area contributed by atoms with Gasteiger partial charge in [0.2, 0.25) is 5.91 Å². The van der Waals surface area contributed by atoms with Crippen molar-refractivity contribution >= 4 is 13.7 Å². The van der Waals surface area contributed by atoms with Crippen molar-refractivity contribution in [2.24, 2.45) is 0 Å². The lowest BCUT2D eigenvalue weighted by molar-refractivity contribution is -0.870. The van der Waals surface area contributed by atoms with Gasteiger partial charge in [-0.2, -0.15) is 0 Å². The number of quaternary nitrogens is 1. The summed E-state index contributed by atoms with van der Waals surface area (Å²) in [5, 5.41) is 13.9. The highest BCUT2D eigenvalue weighted by Gasteiger charge is 2.27. The molecule has 0 aliphatic carbocycles. The summed E-state index contributed by atoms with van der Waals surface area (Å²) >= 11 is 0. The molecule has 0 fully saturated rings. The molecule has 0 saturated heterocycles. The van der Waals surface area contributed by atoms with Crippen LogP contribution >= 0.6 is 7.82 Å². The number of allylic oxidation sites excluding steroid dienone is 9. The van der Waals surface area contributed by atoms with Crippen molar-refractivity contribution in [1.82, 2.24) is 5.32 Å². The number of unbranched alkanes of at least 4 members (excludes halogenated alkanes) is 35. The molecule has 3 unspecified atom stereocenters. The number of carbonyl (C=O) groups excluding carboxylic acids is 1. The molecule has 0 saturated carbocycles. The summed E-state index contributed by atoms with van der Waals surface area (Å²) < 4.78 is 23.7. The van der Waals surface area contributed by atoms with Gasteiger partial charge in [-0.15, -0.1) is 0 Å². The van der Waals surface area contributed by atoms with Gasteiger partial charge in [0, 0.05) is 6.42 Å². The molecule has 3 atom stereocenters. The van der Waals surface area contributed by atoms with Gasteiger partial charge in [-0.3, -0.25) is 13.8 Å². The van der Waals surface area contributed by atoms with Crippen LogP contribution in [0.25, 0.3) is 0 Å². The number of nitrogens with one attached hydrogen (secondary N) is 1. The second-order valence-corrected chi connectivity index (χ2v) is 23.5. The van der Waals surface area contributed by atoms with E-state index in [1.165, 1.54) is 199 Å². The van der Waals surface area contributed by atoms with Crippen molar-refractivity contribution in [3.05, 3.63) is 60.8 Å². The van der Waals surface area contributed by atoms with Crippen LogP contribution in [0.4, 0.5) is 0 Å². The summed E-state index contributed by atoms with van der Waals surface area (Å²) in [7, 11) is 1.58. The molecule has 0 aromatic rings. The van der Waals surface area contributed by atoms with Crippen LogP contribution in [0.3, 0.4) is 0 Å². The van der Waals surface area contributed by atoms with Crippen LogP contribution in [-0.2, 0) is 18.4 Å². The van der Waals surface area contributed by atoms with Gasteiger partial charge >= 0.3 is 7.82 Å². The second kappa shape index (κ2) is 54.0. The number of amides is 1.